The molecule has 1 aliphatic carbocycles. The summed E-state index contributed by atoms with van der Waals surface area (Å²) in [5.74, 6) is 1.97. The summed E-state index contributed by atoms with van der Waals surface area (Å²) in [6.07, 6.45) is 4.84. The van der Waals surface area contributed by atoms with Gasteiger partial charge in [0.25, 0.3) is 0 Å². The Bertz CT molecular complexity index is 823. The molecule has 0 fully saturated rings. The van der Waals surface area contributed by atoms with Gasteiger partial charge in [-0.05, 0) is 36.8 Å². The van der Waals surface area contributed by atoms with Crippen LogP contribution in [0.25, 0.3) is 5.70 Å². The molecule has 1 aliphatic rings. The van der Waals surface area contributed by atoms with E-state index >= 15 is 0 Å². The van der Waals surface area contributed by atoms with E-state index in [0.717, 1.165) is 11.3 Å². The standard InChI is InChI=1S/C17H18N4O4/c1-12-18-11-19-20(12)16-8-5-14(21(22)23)9-17(16)25-10-13-3-6-15(24-2)7-4-13/h3-8,11,14H,9-10H2,1-2H3. The molecule has 0 bridgehead atoms. The summed E-state index contributed by atoms with van der Waals surface area (Å²) >= 11 is 0. The summed E-state index contributed by atoms with van der Waals surface area (Å²) in [6, 6.07) is 6.66. The molecule has 8 nitrogen and oxygen atoms in total. The molecule has 0 saturated heterocycles. The lowest BCUT2D eigenvalue weighted by atomic mass is 10.1. The molecule has 0 aliphatic heterocycles. The Hall–Kier alpha value is -3.16. The highest BCUT2D eigenvalue weighted by atomic mass is 16.6. The largest absolute Gasteiger partial charge is 0.497 e. The van der Waals surface area contributed by atoms with Crippen molar-refractivity contribution in [1.82, 2.24) is 14.8 Å². The van der Waals surface area contributed by atoms with Crippen LogP contribution < -0.4 is 4.74 Å². The van der Waals surface area contributed by atoms with Crippen molar-refractivity contribution in [2.75, 3.05) is 7.11 Å². The molecule has 0 N–H and O–H groups in total. The van der Waals surface area contributed by atoms with Gasteiger partial charge in [0.05, 0.1) is 13.5 Å². The molecule has 1 unspecified atom stereocenters. The van der Waals surface area contributed by atoms with Crippen LogP contribution in [-0.2, 0) is 11.3 Å². The van der Waals surface area contributed by atoms with Gasteiger partial charge in [0, 0.05) is 4.92 Å². The molecule has 1 aromatic heterocycles. The second-order valence-corrected chi connectivity index (χ2v) is 5.58. The van der Waals surface area contributed by atoms with Crippen molar-refractivity contribution >= 4 is 5.70 Å². The molecular formula is C17H18N4O4. The highest BCUT2D eigenvalue weighted by Crippen LogP contribution is 2.26. The molecule has 2 aromatic rings. The molecule has 1 aromatic carbocycles. The van der Waals surface area contributed by atoms with Crippen LogP contribution in [0.1, 0.15) is 17.8 Å². The van der Waals surface area contributed by atoms with Crippen LogP contribution in [0.5, 0.6) is 5.75 Å². The van der Waals surface area contributed by atoms with Crippen molar-refractivity contribution < 1.29 is 14.4 Å². The number of hydrogen-bond acceptors (Lipinski definition) is 6. The number of ether oxygens (including phenoxy) is 2. The Morgan fingerprint density at radius 3 is 2.72 bits per heavy atom. The fourth-order valence-electron chi connectivity index (χ4n) is 2.55. The lowest BCUT2D eigenvalue weighted by Gasteiger charge is -2.19. The monoisotopic (exact) mass is 342 g/mol. The molecule has 3 rings (SSSR count). The van der Waals surface area contributed by atoms with Crippen LogP contribution in [-0.4, -0.2) is 32.8 Å². The lowest BCUT2D eigenvalue weighted by molar-refractivity contribution is -0.509. The number of hydrogen-bond donors (Lipinski definition) is 0. The van der Waals surface area contributed by atoms with Gasteiger partial charge in [0.1, 0.15) is 36.0 Å². The predicted molar refractivity (Wildman–Crippen MR) is 90.3 cm³/mol. The summed E-state index contributed by atoms with van der Waals surface area (Å²) < 4.78 is 12.7. The van der Waals surface area contributed by atoms with Gasteiger partial charge >= 0.3 is 0 Å². The van der Waals surface area contributed by atoms with Gasteiger partial charge in [0.15, 0.2) is 0 Å². The third-order valence-electron chi connectivity index (χ3n) is 3.95. The van der Waals surface area contributed by atoms with Crippen LogP contribution >= 0.6 is 0 Å². The SMILES string of the molecule is COc1ccc(COC2=C(n3ncnc3C)C=CC([N+](=O)[O-])C2)cc1. The third kappa shape index (κ3) is 3.68. The summed E-state index contributed by atoms with van der Waals surface area (Å²) in [5, 5.41) is 15.3. The Morgan fingerprint density at radius 1 is 1.36 bits per heavy atom. The first-order valence-corrected chi connectivity index (χ1v) is 7.76. The number of allylic oxidation sites excluding steroid dienone is 2. The zero-order valence-corrected chi connectivity index (χ0v) is 14.0. The maximum atomic E-state index is 11.1. The van der Waals surface area contributed by atoms with Crippen LogP contribution in [0.4, 0.5) is 0 Å². The van der Waals surface area contributed by atoms with Crippen LogP contribution in [0.15, 0.2) is 48.5 Å². The minimum Gasteiger partial charge on any atom is -0.497 e. The van der Waals surface area contributed by atoms with Gasteiger partial charge in [0.2, 0.25) is 6.04 Å². The zero-order valence-electron chi connectivity index (χ0n) is 14.0. The van der Waals surface area contributed by atoms with Gasteiger partial charge in [-0.2, -0.15) is 5.10 Å². The molecule has 130 valence electrons. The average Bonchev–Trinajstić information content (AvgIpc) is 3.05. The highest BCUT2D eigenvalue weighted by Gasteiger charge is 2.27. The second-order valence-electron chi connectivity index (χ2n) is 5.58. The molecular weight excluding hydrogens is 324 g/mol. The summed E-state index contributed by atoms with van der Waals surface area (Å²) in [4.78, 5) is 14.9. The van der Waals surface area contributed by atoms with Crippen LogP contribution in [0.2, 0.25) is 0 Å². The fraction of sp³-hybridized carbons (Fsp3) is 0.294. The van der Waals surface area contributed by atoms with Crippen molar-refractivity contribution in [3.63, 3.8) is 0 Å². The minimum atomic E-state index is -0.807. The summed E-state index contributed by atoms with van der Waals surface area (Å²) in [7, 11) is 1.61. The van der Waals surface area contributed by atoms with E-state index in [1.807, 2.05) is 31.2 Å². The Labute approximate surface area is 144 Å². The quantitative estimate of drug-likeness (QED) is 0.592. The van der Waals surface area contributed by atoms with E-state index in [2.05, 4.69) is 10.1 Å². The Morgan fingerprint density at radius 2 is 2.12 bits per heavy atom. The zero-order chi connectivity index (χ0) is 17.8. The number of aryl methyl sites for hydroxylation is 1. The van der Waals surface area contributed by atoms with Gasteiger partial charge in [-0.15, -0.1) is 0 Å². The molecule has 8 heteroatoms. The van der Waals surface area contributed by atoms with Crippen molar-refractivity contribution in [2.45, 2.75) is 26.0 Å². The first-order chi connectivity index (χ1) is 12.1. The van der Waals surface area contributed by atoms with E-state index < -0.39 is 6.04 Å². The number of nitrogens with zero attached hydrogens (tertiary/aromatic N) is 4. The predicted octanol–water partition coefficient (Wildman–Crippen LogP) is 2.59. The first-order valence-electron chi connectivity index (χ1n) is 7.76. The minimum absolute atomic E-state index is 0.175. The van der Waals surface area contributed by atoms with E-state index in [1.165, 1.54) is 6.33 Å². The number of nitro groups is 1. The normalized spacial score (nSPS) is 16.8. The smallest absolute Gasteiger partial charge is 0.238 e. The van der Waals surface area contributed by atoms with Gasteiger partial charge in [-0.3, -0.25) is 10.1 Å². The van der Waals surface area contributed by atoms with Crippen molar-refractivity contribution in [2.24, 2.45) is 0 Å². The fourth-order valence-corrected chi connectivity index (χ4v) is 2.55. The summed E-state index contributed by atoms with van der Waals surface area (Å²) in [6.45, 7) is 2.11. The molecule has 0 saturated carbocycles. The van der Waals surface area contributed by atoms with Crippen LogP contribution in [0, 0.1) is 17.0 Å². The summed E-state index contributed by atoms with van der Waals surface area (Å²) in [5.41, 5.74) is 1.61. The number of aromatic nitrogens is 3. The molecule has 1 heterocycles. The van der Waals surface area contributed by atoms with E-state index in [4.69, 9.17) is 9.47 Å². The van der Waals surface area contributed by atoms with E-state index in [0.29, 0.717) is 23.9 Å². The van der Waals surface area contributed by atoms with Crippen molar-refractivity contribution in [1.29, 1.82) is 0 Å². The molecule has 25 heavy (non-hydrogen) atoms. The molecule has 0 amide bonds. The maximum absolute atomic E-state index is 11.1. The van der Waals surface area contributed by atoms with E-state index in [9.17, 15) is 10.1 Å². The van der Waals surface area contributed by atoms with Crippen LogP contribution in [0.3, 0.4) is 0 Å². The number of methoxy groups -OCH3 is 1. The molecule has 1 atom stereocenters. The first kappa shape index (κ1) is 16.7. The molecule has 0 spiro atoms. The molecule has 0 radical (unpaired) electrons. The number of rotatable bonds is 6. The Kier molecular flexibility index (Phi) is 4.78. The average molecular weight is 342 g/mol. The lowest BCUT2D eigenvalue weighted by Crippen LogP contribution is -2.22. The second kappa shape index (κ2) is 7.16. The topological polar surface area (TPSA) is 92.3 Å². The van der Waals surface area contributed by atoms with E-state index in [1.54, 1.807) is 23.9 Å². The van der Waals surface area contributed by atoms with Gasteiger partial charge in [-0.1, -0.05) is 12.1 Å². The van der Waals surface area contributed by atoms with Crippen molar-refractivity contribution in [3.05, 3.63) is 70.0 Å². The number of benzene rings is 1. The van der Waals surface area contributed by atoms with E-state index in [-0.39, 0.29) is 11.3 Å². The highest BCUT2D eigenvalue weighted by molar-refractivity contribution is 5.61. The van der Waals surface area contributed by atoms with Gasteiger partial charge < -0.3 is 9.47 Å². The Balaban J connectivity index is 1.84. The third-order valence-corrected chi connectivity index (χ3v) is 3.95. The van der Waals surface area contributed by atoms with Crippen molar-refractivity contribution in [3.8, 4) is 5.75 Å². The van der Waals surface area contributed by atoms with Gasteiger partial charge in [-0.25, -0.2) is 9.67 Å². The maximum Gasteiger partial charge on any atom is 0.238 e.